The molecule has 2 aromatic rings. The molecule has 1 heterocycles. The summed E-state index contributed by atoms with van der Waals surface area (Å²) >= 11 is 0. The zero-order valence-electron chi connectivity index (χ0n) is 8.59. The summed E-state index contributed by atoms with van der Waals surface area (Å²) < 4.78 is 1.66. The Morgan fingerprint density at radius 1 is 1.20 bits per heavy atom. The molecule has 5 heteroatoms. The molecule has 1 N–H and O–H groups in total. The van der Waals surface area contributed by atoms with Crippen molar-refractivity contribution < 1.29 is 0 Å². The van der Waals surface area contributed by atoms with Crippen molar-refractivity contribution in [1.29, 1.82) is 0 Å². The first-order chi connectivity index (χ1) is 7.36. The average Bonchev–Trinajstić information content (AvgIpc) is 2.66. The summed E-state index contributed by atoms with van der Waals surface area (Å²) in [7, 11) is 1.83. The maximum atomic E-state index is 3.89. The van der Waals surface area contributed by atoms with E-state index in [0.717, 1.165) is 12.4 Å². The van der Waals surface area contributed by atoms with Crippen LogP contribution in [0.1, 0.15) is 11.4 Å². The second-order valence-electron chi connectivity index (χ2n) is 3.31. The SMILES string of the molecule is Cn1nnnc1CNCc1ccccc1. The van der Waals surface area contributed by atoms with E-state index in [9.17, 15) is 0 Å². The van der Waals surface area contributed by atoms with E-state index in [2.05, 4.69) is 33.0 Å². The highest BCUT2D eigenvalue weighted by Gasteiger charge is 2.00. The van der Waals surface area contributed by atoms with Crippen molar-refractivity contribution in [2.45, 2.75) is 13.1 Å². The molecule has 0 aliphatic carbocycles. The number of hydrogen-bond donors (Lipinski definition) is 1. The minimum absolute atomic E-state index is 0.679. The van der Waals surface area contributed by atoms with Gasteiger partial charge >= 0.3 is 0 Å². The fraction of sp³-hybridized carbons (Fsp3) is 0.300. The van der Waals surface area contributed by atoms with Gasteiger partial charge in [0.2, 0.25) is 0 Å². The fourth-order valence-electron chi connectivity index (χ4n) is 1.31. The Labute approximate surface area is 88.1 Å². The molecule has 0 aliphatic heterocycles. The number of benzene rings is 1. The summed E-state index contributed by atoms with van der Waals surface area (Å²) in [5.74, 6) is 0.839. The lowest BCUT2D eigenvalue weighted by Crippen LogP contribution is -2.16. The van der Waals surface area contributed by atoms with Crippen LogP contribution < -0.4 is 5.32 Å². The van der Waals surface area contributed by atoms with Crippen molar-refractivity contribution >= 4 is 0 Å². The molecule has 78 valence electrons. The van der Waals surface area contributed by atoms with Gasteiger partial charge in [-0.1, -0.05) is 30.3 Å². The molecule has 5 nitrogen and oxygen atoms in total. The molecule has 1 aromatic carbocycles. The Morgan fingerprint density at radius 3 is 2.67 bits per heavy atom. The van der Waals surface area contributed by atoms with Crippen LogP contribution in [-0.4, -0.2) is 20.2 Å². The molecule has 1 aromatic heterocycles. The topological polar surface area (TPSA) is 55.6 Å². The summed E-state index contributed by atoms with van der Waals surface area (Å²) in [4.78, 5) is 0. The lowest BCUT2D eigenvalue weighted by molar-refractivity contribution is 0.611. The number of hydrogen-bond acceptors (Lipinski definition) is 4. The minimum atomic E-state index is 0.679. The summed E-state index contributed by atoms with van der Waals surface area (Å²) in [6.07, 6.45) is 0. The van der Waals surface area contributed by atoms with Crippen LogP contribution >= 0.6 is 0 Å². The molecule has 0 aliphatic rings. The van der Waals surface area contributed by atoms with E-state index in [1.807, 2.05) is 25.2 Å². The van der Waals surface area contributed by atoms with E-state index in [0.29, 0.717) is 6.54 Å². The Hall–Kier alpha value is -1.75. The number of nitrogens with one attached hydrogen (secondary N) is 1. The molecule has 0 atom stereocenters. The highest BCUT2D eigenvalue weighted by Crippen LogP contribution is 1.97. The lowest BCUT2D eigenvalue weighted by atomic mass is 10.2. The van der Waals surface area contributed by atoms with E-state index in [1.165, 1.54) is 5.56 Å². The molecule has 0 bridgehead atoms. The zero-order chi connectivity index (χ0) is 10.5. The molecule has 0 saturated carbocycles. The van der Waals surface area contributed by atoms with E-state index in [1.54, 1.807) is 4.68 Å². The maximum absolute atomic E-state index is 3.89. The summed E-state index contributed by atoms with van der Waals surface area (Å²) in [6, 6.07) is 10.2. The lowest BCUT2D eigenvalue weighted by Gasteiger charge is -2.02. The highest BCUT2D eigenvalue weighted by molar-refractivity contribution is 5.14. The number of rotatable bonds is 4. The average molecular weight is 203 g/mol. The van der Waals surface area contributed by atoms with Crippen LogP contribution in [0, 0.1) is 0 Å². The molecule has 0 saturated heterocycles. The second-order valence-corrected chi connectivity index (χ2v) is 3.31. The summed E-state index contributed by atoms with van der Waals surface area (Å²) in [5, 5.41) is 14.5. The van der Waals surface area contributed by atoms with E-state index < -0.39 is 0 Å². The number of aromatic nitrogens is 4. The van der Waals surface area contributed by atoms with Gasteiger partial charge in [0.1, 0.15) is 0 Å². The third-order valence-electron chi connectivity index (χ3n) is 2.16. The van der Waals surface area contributed by atoms with Gasteiger partial charge in [0.05, 0.1) is 6.54 Å². The molecular formula is C10H13N5. The van der Waals surface area contributed by atoms with E-state index in [4.69, 9.17) is 0 Å². The molecule has 2 rings (SSSR count). The number of tetrazole rings is 1. The molecule has 0 unspecified atom stereocenters. The van der Waals surface area contributed by atoms with Gasteiger partial charge in [-0.25, -0.2) is 4.68 Å². The monoisotopic (exact) mass is 203 g/mol. The van der Waals surface area contributed by atoms with Crippen LogP contribution in [0.4, 0.5) is 0 Å². The van der Waals surface area contributed by atoms with Gasteiger partial charge in [-0.05, 0) is 16.0 Å². The predicted octanol–water partition coefficient (Wildman–Crippen LogP) is 0.500. The van der Waals surface area contributed by atoms with E-state index in [-0.39, 0.29) is 0 Å². The molecule has 0 spiro atoms. The standard InChI is InChI=1S/C10H13N5/c1-15-10(12-13-14-15)8-11-7-9-5-3-2-4-6-9/h2-6,11H,7-8H2,1H3. The molecule has 0 radical (unpaired) electrons. The summed E-state index contributed by atoms with van der Waals surface area (Å²) in [6.45, 7) is 1.51. The Morgan fingerprint density at radius 2 is 2.00 bits per heavy atom. The second kappa shape index (κ2) is 4.65. The smallest absolute Gasteiger partial charge is 0.164 e. The number of aryl methyl sites for hydroxylation is 1. The van der Waals surface area contributed by atoms with Crippen LogP contribution in [0.3, 0.4) is 0 Å². The zero-order valence-corrected chi connectivity index (χ0v) is 8.59. The van der Waals surface area contributed by atoms with Crippen molar-refractivity contribution in [1.82, 2.24) is 25.5 Å². The largest absolute Gasteiger partial charge is 0.306 e. The Balaban J connectivity index is 1.83. The Kier molecular flexibility index (Phi) is 3.04. The van der Waals surface area contributed by atoms with Crippen molar-refractivity contribution in [3.63, 3.8) is 0 Å². The third-order valence-corrected chi connectivity index (χ3v) is 2.16. The first kappa shape index (κ1) is 9.79. The molecule has 0 amide bonds. The van der Waals surface area contributed by atoms with Crippen LogP contribution in [-0.2, 0) is 20.1 Å². The van der Waals surface area contributed by atoms with Gasteiger partial charge in [0, 0.05) is 13.6 Å². The maximum Gasteiger partial charge on any atom is 0.164 e. The van der Waals surface area contributed by atoms with Gasteiger partial charge in [-0.3, -0.25) is 0 Å². The normalized spacial score (nSPS) is 10.5. The van der Waals surface area contributed by atoms with E-state index >= 15 is 0 Å². The van der Waals surface area contributed by atoms with Crippen molar-refractivity contribution in [2.24, 2.45) is 7.05 Å². The van der Waals surface area contributed by atoms with Crippen LogP contribution in [0.2, 0.25) is 0 Å². The first-order valence-corrected chi connectivity index (χ1v) is 4.82. The van der Waals surface area contributed by atoms with Gasteiger partial charge in [-0.15, -0.1) is 5.10 Å². The van der Waals surface area contributed by atoms with Gasteiger partial charge < -0.3 is 5.32 Å². The van der Waals surface area contributed by atoms with Gasteiger partial charge in [-0.2, -0.15) is 0 Å². The Bertz CT molecular complexity index is 409. The van der Waals surface area contributed by atoms with Crippen molar-refractivity contribution in [3.05, 3.63) is 41.7 Å². The fourth-order valence-corrected chi connectivity index (χ4v) is 1.31. The quantitative estimate of drug-likeness (QED) is 0.786. The van der Waals surface area contributed by atoms with Crippen molar-refractivity contribution in [3.8, 4) is 0 Å². The van der Waals surface area contributed by atoms with Gasteiger partial charge in [0.25, 0.3) is 0 Å². The van der Waals surface area contributed by atoms with Crippen molar-refractivity contribution in [2.75, 3.05) is 0 Å². The number of nitrogens with zero attached hydrogens (tertiary/aromatic N) is 4. The molecule has 15 heavy (non-hydrogen) atoms. The van der Waals surface area contributed by atoms with Crippen LogP contribution in [0.5, 0.6) is 0 Å². The first-order valence-electron chi connectivity index (χ1n) is 4.82. The predicted molar refractivity (Wildman–Crippen MR) is 55.8 cm³/mol. The van der Waals surface area contributed by atoms with Crippen LogP contribution in [0.25, 0.3) is 0 Å². The third kappa shape index (κ3) is 2.60. The molecule has 0 fully saturated rings. The van der Waals surface area contributed by atoms with Crippen LogP contribution in [0.15, 0.2) is 30.3 Å². The summed E-state index contributed by atoms with van der Waals surface area (Å²) in [5.41, 5.74) is 1.26. The van der Waals surface area contributed by atoms with Gasteiger partial charge in [0.15, 0.2) is 5.82 Å². The minimum Gasteiger partial charge on any atom is -0.306 e. The molecular weight excluding hydrogens is 190 g/mol. The highest BCUT2D eigenvalue weighted by atomic mass is 15.5.